The summed E-state index contributed by atoms with van der Waals surface area (Å²) in [6.45, 7) is 11.5. The van der Waals surface area contributed by atoms with Crippen molar-refractivity contribution < 1.29 is 0 Å². The number of piperidine rings is 1. The van der Waals surface area contributed by atoms with Crippen molar-refractivity contribution in [3.8, 4) is 0 Å². The molecule has 0 amide bonds. The van der Waals surface area contributed by atoms with Crippen LogP contribution in [0.15, 0.2) is 43.0 Å². The Labute approximate surface area is 111 Å². The number of nitrogens with zero attached hydrogens (tertiary/aromatic N) is 1. The molecule has 1 heteroatoms. The van der Waals surface area contributed by atoms with Gasteiger partial charge in [-0.2, -0.15) is 0 Å². The summed E-state index contributed by atoms with van der Waals surface area (Å²) in [7, 11) is 2.20. The van der Waals surface area contributed by atoms with Crippen LogP contribution < -0.4 is 0 Å². The van der Waals surface area contributed by atoms with Crippen LogP contribution in [-0.2, 0) is 0 Å². The lowest BCUT2D eigenvalue weighted by Crippen LogP contribution is -2.30. The highest BCUT2D eigenvalue weighted by atomic mass is 15.1. The summed E-state index contributed by atoms with van der Waals surface area (Å²) in [5.74, 6) is 0. The Balaban J connectivity index is 2.18. The van der Waals surface area contributed by atoms with E-state index in [9.17, 15) is 0 Å². The second kappa shape index (κ2) is 5.53. The number of likely N-dealkylation sites (tertiary alicyclic amines) is 1. The van der Waals surface area contributed by atoms with E-state index in [0.717, 1.165) is 25.8 Å². The summed E-state index contributed by atoms with van der Waals surface area (Å²) in [5, 5.41) is 0. The molecule has 1 aliphatic rings. The molecule has 1 aromatic rings. The molecule has 2 rings (SSSR count). The number of hydrogen-bond donors (Lipinski definition) is 0. The zero-order valence-corrected chi connectivity index (χ0v) is 11.6. The van der Waals surface area contributed by atoms with Crippen LogP contribution in [0.4, 0.5) is 0 Å². The van der Waals surface area contributed by atoms with Gasteiger partial charge in [0.25, 0.3) is 0 Å². The lowest BCUT2D eigenvalue weighted by molar-refractivity contribution is 0.219. The highest BCUT2D eigenvalue weighted by Crippen LogP contribution is 2.32. The van der Waals surface area contributed by atoms with Gasteiger partial charge in [-0.1, -0.05) is 49.9 Å². The van der Waals surface area contributed by atoms with E-state index in [1.54, 1.807) is 0 Å². The fourth-order valence-corrected chi connectivity index (χ4v) is 2.54. The molecule has 1 aromatic carbocycles. The van der Waals surface area contributed by atoms with Crippen LogP contribution in [0.1, 0.15) is 43.4 Å². The zero-order chi connectivity index (χ0) is 13.1. The van der Waals surface area contributed by atoms with Crippen molar-refractivity contribution >= 4 is 5.57 Å². The van der Waals surface area contributed by atoms with Gasteiger partial charge in [0.05, 0.1) is 0 Å². The largest absolute Gasteiger partial charge is 0.299 e. The molecule has 0 aliphatic carbocycles. The first-order valence-corrected chi connectivity index (χ1v) is 6.76. The molecule has 0 aromatic heterocycles. The van der Waals surface area contributed by atoms with E-state index < -0.39 is 0 Å². The monoisotopic (exact) mass is 241 g/mol. The van der Waals surface area contributed by atoms with Gasteiger partial charge in [0.15, 0.2) is 0 Å². The van der Waals surface area contributed by atoms with E-state index in [4.69, 9.17) is 0 Å². The molecule has 1 atom stereocenters. The van der Waals surface area contributed by atoms with Gasteiger partial charge >= 0.3 is 0 Å². The van der Waals surface area contributed by atoms with Crippen molar-refractivity contribution in [1.29, 1.82) is 0 Å². The Hall–Kier alpha value is -1.34. The predicted octanol–water partition coefficient (Wildman–Crippen LogP) is 4.43. The summed E-state index contributed by atoms with van der Waals surface area (Å²) < 4.78 is 0. The van der Waals surface area contributed by atoms with E-state index in [0.29, 0.717) is 6.04 Å². The van der Waals surface area contributed by atoms with Gasteiger partial charge in [-0.25, -0.2) is 0 Å². The van der Waals surface area contributed by atoms with Gasteiger partial charge in [-0.05, 0) is 43.0 Å². The topological polar surface area (TPSA) is 3.24 Å². The third-order valence-electron chi connectivity index (χ3n) is 3.96. The lowest BCUT2D eigenvalue weighted by Gasteiger charge is -2.34. The highest BCUT2D eigenvalue weighted by molar-refractivity contribution is 5.63. The minimum absolute atomic E-state index is 0.496. The standard InChI is InChI=1S/C17H23N/c1-5-14(3)15-6-8-16(9-7-15)17-12-13(2)10-11-18(17)4/h6-9,17H,2-3,5,10-12H2,1,4H3. The second-order valence-corrected chi connectivity index (χ2v) is 5.28. The minimum Gasteiger partial charge on any atom is -0.299 e. The van der Waals surface area contributed by atoms with Crippen LogP contribution in [0.5, 0.6) is 0 Å². The Bertz CT molecular complexity index is 441. The molecule has 0 spiro atoms. The Morgan fingerprint density at radius 2 is 2.00 bits per heavy atom. The average molecular weight is 241 g/mol. The molecule has 1 fully saturated rings. The summed E-state index contributed by atoms with van der Waals surface area (Å²) in [6, 6.07) is 9.39. The van der Waals surface area contributed by atoms with Crippen LogP contribution >= 0.6 is 0 Å². The van der Waals surface area contributed by atoms with E-state index >= 15 is 0 Å². The quantitative estimate of drug-likeness (QED) is 0.707. The number of hydrogen-bond acceptors (Lipinski definition) is 1. The molecule has 1 heterocycles. The molecule has 0 radical (unpaired) electrons. The van der Waals surface area contributed by atoms with Crippen molar-refractivity contribution in [3.05, 3.63) is 54.1 Å². The minimum atomic E-state index is 0.496. The van der Waals surface area contributed by atoms with Crippen LogP contribution in [0.3, 0.4) is 0 Å². The third-order valence-corrected chi connectivity index (χ3v) is 3.96. The first-order chi connectivity index (χ1) is 8.61. The van der Waals surface area contributed by atoms with Crippen molar-refractivity contribution in [2.75, 3.05) is 13.6 Å². The number of benzene rings is 1. The summed E-state index contributed by atoms with van der Waals surface area (Å²) in [5.41, 5.74) is 5.24. The summed E-state index contributed by atoms with van der Waals surface area (Å²) in [4.78, 5) is 2.43. The Kier molecular flexibility index (Phi) is 4.03. The molecule has 1 aliphatic heterocycles. The smallest absolute Gasteiger partial charge is 0.0382 e. The van der Waals surface area contributed by atoms with Gasteiger partial charge in [-0.15, -0.1) is 0 Å². The third kappa shape index (κ3) is 2.73. The summed E-state index contributed by atoms with van der Waals surface area (Å²) >= 11 is 0. The molecular formula is C17H23N. The highest BCUT2D eigenvalue weighted by Gasteiger charge is 2.22. The Morgan fingerprint density at radius 3 is 2.61 bits per heavy atom. The maximum Gasteiger partial charge on any atom is 0.0382 e. The molecule has 0 saturated carbocycles. The SMILES string of the molecule is C=C1CCN(C)C(c2ccc(C(=C)CC)cc2)C1. The second-order valence-electron chi connectivity index (χ2n) is 5.28. The van der Waals surface area contributed by atoms with Crippen molar-refractivity contribution in [2.45, 2.75) is 32.2 Å². The van der Waals surface area contributed by atoms with Gasteiger partial charge < -0.3 is 0 Å². The van der Waals surface area contributed by atoms with E-state index in [2.05, 4.69) is 56.3 Å². The van der Waals surface area contributed by atoms with Crippen LogP contribution in [0.25, 0.3) is 5.57 Å². The first kappa shape index (κ1) is 13.1. The zero-order valence-electron chi connectivity index (χ0n) is 11.6. The van der Waals surface area contributed by atoms with Crippen LogP contribution in [0, 0.1) is 0 Å². The number of allylic oxidation sites excluding steroid dienone is 1. The lowest BCUT2D eigenvalue weighted by atomic mass is 9.91. The van der Waals surface area contributed by atoms with Gasteiger partial charge in [0.2, 0.25) is 0 Å². The molecule has 18 heavy (non-hydrogen) atoms. The maximum atomic E-state index is 4.14. The average Bonchev–Trinajstić information content (AvgIpc) is 2.41. The van der Waals surface area contributed by atoms with E-state index in [-0.39, 0.29) is 0 Å². The van der Waals surface area contributed by atoms with Crippen molar-refractivity contribution in [1.82, 2.24) is 4.90 Å². The summed E-state index contributed by atoms with van der Waals surface area (Å²) in [6.07, 6.45) is 3.24. The Morgan fingerprint density at radius 1 is 1.33 bits per heavy atom. The molecule has 96 valence electrons. The molecular weight excluding hydrogens is 218 g/mol. The number of rotatable bonds is 3. The predicted molar refractivity (Wildman–Crippen MR) is 79.5 cm³/mol. The maximum absolute atomic E-state index is 4.14. The van der Waals surface area contributed by atoms with Gasteiger partial charge in [0.1, 0.15) is 0 Å². The first-order valence-electron chi connectivity index (χ1n) is 6.76. The van der Waals surface area contributed by atoms with Crippen LogP contribution in [0.2, 0.25) is 0 Å². The van der Waals surface area contributed by atoms with E-state index in [1.807, 2.05) is 0 Å². The van der Waals surface area contributed by atoms with Crippen molar-refractivity contribution in [3.63, 3.8) is 0 Å². The molecule has 0 bridgehead atoms. The van der Waals surface area contributed by atoms with Gasteiger partial charge in [0, 0.05) is 12.6 Å². The fraction of sp³-hybridized carbons (Fsp3) is 0.412. The van der Waals surface area contributed by atoms with Crippen molar-refractivity contribution in [2.24, 2.45) is 0 Å². The van der Waals surface area contributed by atoms with Crippen LogP contribution in [-0.4, -0.2) is 18.5 Å². The molecule has 1 saturated heterocycles. The fourth-order valence-electron chi connectivity index (χ4n) is 2.54. The normalized spacial score (nSPS) is 21.0. The molecule has 0 N–H and O–H groups in total. The van der Waals surface area contributed by atoms with Gasteiger partial charge in [-0.3, -0.25) is 4.90 Å². The van der Waals surface area contributed by atoms with E-state index in [1.165, 1.54) is 22.3 Å². The molecule has 1 nitrogen and oxygen atoms in total. The molecule has 1 unspecified atom stereocenters.